The number of carbonyl (C=O) groups excluding carboxylic acids is 1. The second-order valence-electron chi connectivity index (χ2n) is 4.30. The molecule has 0 aliphatic heterocycles. The van der Waals surface area contributed by atoms with Gasteiger partial charge in [-0.3, -0.25) is 9.89 Å². The molecule has 1 aliphatic rings. The van der Waals surface area contributed by atoms with Crippen molar-refractivity contribution in [1.29, 1.82) is 0 Å². The van der Waals surface area contributed by atoms with Gasteiger partial charge in [-0.1, -0.05) is 0 Å². The Morgan fingerprint density at radius 2 is 2.41 bits per heavy atom. The van der Waals surface area contributed by atoms with E-state index in [0.29, 0.717) is 23.1 Å². The Morgan fingerprint density at radius 3 is 3.06 bits per heavy atom. The minimum absolute atomic E-state index is 0.0786. The molecule has 0 aromatic carbocycles. The number of nitrogens with zero attached hydrogens (tertiary/aromatic N) is 1. The summed E-state index contributed by atoms with van der Waals surface area (Å²) in [6.45, 7) is 1.83. The second kappa shape index (κ2) is 3.76. The van der Waals surface area contributed by atoms with Crippen LogP contribution >= 0.6 is 0 Å². The molecule has 88 valence electrons. The quantitative estimate of drug-likeness (QED) is 0.847. The van der Waals surface area contributed by atoms with Crippen LogP contribution in [0.3, 0.4) is 0 Å². The van der Waals surface area contributed by atoms with Crippen LogP contribution in [0.25, 0.3) is 11.5 Å². The smallest absolute Gasteiger partial charge is 0.255 e. The van der Waals surface area contributed by atoms with Gasteiger partial charge in [0.2, 0.25) is 0 Å². The van der Waals surface area contributed by atoms with Crippen LogP contribution in [0.5, 0.6) is 0 Å². The number of hydrogen-bond donors (Lipinski definition) is 2. The zero-order valence-corrected chi connectivity index (χ0v) is 9.49. The minimum atomic E-state index is -0.0786. The van der Waals surface area contributed by atoms with Crippen LogP contribution in [-0.2, 0) is 0 Å². The molecule has 2 N–H and O–H groups in total. The lowest BCUT2D eigenvalue weighted by atomic mass is 10.1. The predicted molar refractivity (Wildman–Crippen MR) is 61.5 cm³/mol. The molecule has 5 heteroatoms. The highest BCUT2D eigenvalue weighted by atomic mass is 16.3. The average Bonchev–Trinajstić information content (AvgIpc) is 2.82. The number of nitrogens with one attached hydrogen (secondary N) is 2. The fourth-order valence-electron chi connectivity index (χ4n) is 1.78. The van der Waals surface area contributed by atoms with Crippen molar-refractivity contribution in [2.45, 2.75) is 25.8 Å². The monoisotopic (exact) mass is 231 g/mol. The zero-order valence-electron chi connectivity index (χ0n) is 9.49. The van der Waals surface area contributed by atoms with Crippen LogP contribution in [0.2, 0.25) is 0 Å². The third-order valence-corrected chi connectivity index (χ3v) is 2.84. The van der Waals surface area contributed by atoms with E-state index in [9.17, 15) is 4.79 Å². The largest absolute Gasteiger partial charge is 0.463 e. The Bertz CT molecular complexity index is 538. The zero-order chi connectivity index (χ0) is 11.8. The fraction of sp³-hybridized carbons (Fsp3) is 0.333. The normalized spacial score (nSPS) is 14.9. The van der Waals surface area contributed by atoms with Crippen LogP contribution in [0, 0.1) is 6.92 Å². The van der Waals surface area contributed by atoms with Crippen molar-refractivity contribution in [3.05, 3.63) is 29.7 Å². The summed E-state index contributed by atoms with van der Waals surface area (Å²) in [6.07, 6.45) is 3.71. The van der Waals surface area contributed by atoms with E-state index < -0.39 is 0 Å². The molecule has 2 heterocycles. The summed E-state index contributed by atoms with van der Waals surface area (Å²) in [5, 5.41) is 9.92. The molecule has 0 unspecified atom stereocenters. The van der Waals surface area contributed by atoms with Crippen LogP contribution in [0.1, 0.15) is 28.9 Å². The molecule has 1 aliphatic carbocycles. The molecule has 0 spiro atoms. The fourth-order valence-corrected chi connectivity index (χ4v) is 1.78. The van der Waals surface area contributed by atoms with Crippen LogP contribution in [0.4, 0.5) is 0 Å². The van der Waals surface area contributed by atoms with Gasteiger partial charge in [-0.05, 0) is 31.9 Å². The molecular weight excluding hydrogens is 218 g/mol. The molecule has 0 atom stereocenters. The van der Waals surface area contributed by atoms with Gasteiger partial charge in [-0.2, -0.15) is 5.10 Å². The Balaban J connectivity index is 1.96. The van der Waals surface area contributed by atoms with Gasteiger partial charge in [0.1, 0.15) is 5.69 Å². The Labute approximate surface area is 98.2 Å². The third-order valence-electron chi connectivity index (χ3n) is 2.84. The number of amides is 1. The molecule has 2 aromatic heterocycles. The summed E-state index contributed by atoms with van der Waals surface area (Å²) in [7, 11) is 0. The van der Waals surface area contributed by atoms with Gasteiger partial charge >= 0.3 is 0 Å². The van der Waals surface area contributed by atoms with Gasteiger partial charge in [-0.15, -0.1) is 0 Å². The maximum atomic E-state index is 12.1. The summed E-state index contributed by atoms with van der Waals surface area (Å²) in [4.78, 5) is 12.1. The first-order chi connectivity index (χ1) is 8.25. The molecule has 5 nitrogen and oxygen atoms in total. The summed E-state index contributed by atoms with van der Waals surface area (Å²) in [5.41, 5.74) is 1.91. The standard InChI is InChI=1S/C12H13N3O2/c1-7-10(12(16)13-8-4-5-8)11(15-14-7)9-3-2-6-17-9/h2-3,6,8H,4-5H2,1H3,(H,13,16)(H,14,15). The van der Waals surface area contributed by atoms with E-state index in [2.05, 4.69) is 15.5 Å². The van der Waals surface area contributed by atoms with Gasteiger partial charge in [0, 0.05) is 11.7 Å². The van der Waals surface area contributed by atoms with E-state index in [1.54, 1.807) is 18.4 Å². The van der Waals surface area contributed by atoms with Crippen LogP contribution in [-0.4, -0.2) is 22.1 Å². The molecule has 3 rings (SSSR count). The number of furan rings is 1. The van der Waals surface area contributed by atoms with Crippen molar-refractivity contribution in [3.8, 4) is 11.5 Å². The van der Waals surface area contributed by atoms with Crippen molar-refractivity contribution < 1.29 is 9.21 Å². The Hall–Kier alpha value is -2.04. The van der Waals surface area contributed by atoms with E-state index >= 15 is 0 Å². The number of aromatic amines is 1. The van der Waals surface area contributed by atoms with E-state index in [1.165, 1.54) is 0 Å². The topological polar surface area (TPSA) is 70.9 Å². The van der Waals surface area contributed by atoms with Crippen molar-refractivity contribution >= 4 is 5.91 Å². The minimum Gasteiger partial charge on any atom is -0.463 e. The average molecular weight is 231 g/mol. The van der Waals surface area contributed by atoms with Crippen molar-refractivity contribution in [1.82, 2.24) is 15.5 Å². The van der Waals surface area contributed by atoms with Crippen molar-refractivity contribution in [2.24, 2.45) is 0 Å². The highest BCUT2D eigenvalue weighted by Gasteiger charge is 2.27. The van der Waals surface area contributed by atoms with E-state index in [4.69, 9.17) is 4.42 Å². The second-order valence-corrected chi connectivity index (χ2v) is 4.30. The summed E-state index contributed by atoms with van der Waals surface area (Å²) in [5.74, 6) is 0.528. The van der Waals surface area contributed by atoms with Gasteiger partial charge in [0.15, 0.2) is 5.76 Å². The molecule has 0 saturated heterocycles. The molecule has 1 fully saturated rings. The molecule has 1 saturated carbocycles. The van der Waals surface area contributed by atoms with E-state index in [0.717, 1.165) is 18.5 Å². The molecule has 0 radical (unpaired) electrons. The first-order valence-corrected chi connectivity index (χ1v) is 5.65. The third kappa shape index (κ3) is 1.84. The molecule has 0 bridgehead atoms. The summed E-state index contributed by atoms with van der Waals surface area (Å²) >= 11 is 0. The Morgan fingerprint density at radius 1 is 1.59 bits per heavy atom. The number of hydrogen-bond acceptors (Lipinski definition) is 3. The molecule has 2 aromatic rings. The predicted octanol–water partition coefficient (Wildman–Crippen LogP) is 1.87. The SMILES string of the molecule is Cc1[nH]nc(-c2ccco2)c1C(=O)NC1CC1. The van der Waals surface area contributed by atoms with E-state index in [1.807, 2.05) is 6.92 Å². The summed E-state index contributed by atoms with van der Waals surface area (Å²) in [6, 6.07) is 3.91. The van der Waals surface area contributed by atoms with E-state index in [-0.39, 0.29) is 5.91 Å². The first-order valence-electron chi connectivity index (χ1n) is 5.65. The lowest BCUT2D eigenvalue weighted by Crippen LogP contribution is -2.26. The number of carbonyl (C=O) groups is 1. The lowest BCUT2D eigenvalue weighted by Gasteiger charge is -2.03. The van der Waals surface area contributed by atoms with Crippen molar-refractivity contribution in [3.63, 3.8) is 0 Å². The number of aromatic nitrogens is 2. The number of aryl methyl sites for hydroxylation is 1. The molecular formula is C12H13N3O2. The molecule has 17 heavy (non-hydrogen) atoms. The maximum Gasteiger partial charge on any atom is 0.255 e. The lowest BCUT2D eigenvalue weighted by molar-refractivity contribution is 0.0951. The number of rotatable bonds is 3. The van der Waals surface area contributed by atoms with Gasteiger partial charge in [-0.25, -0.2) is 0 Å². The Kier molecular flexibility index (Phi) is 2.24. The first kappa shape index (κ1) is 10.1. The highest BCUT2D eigenvalue weighted by molar-refractivity contribution is 6.00. The number of H-pyrrole nitrogens is 1. The maximum absolute atomic E-state index is 12.1. The molecule has 1 amide bonds. The van der Waals surface area contributed by atoms with Crippen molar-refractivity contribution in [2.75, 3.05) is 0 Å². The van der Waals surface area contributed by atoms with Gasteiger partial charge in [0.05, 0.1) is 11.8 Å². The van der Waals surface area contributed by atoms with Gasteiger partial charge in [0.25, 0.3) is 5.91 Å². The van der Waals surface area contributed by atoms with Crippen LogP contribution < -0.4 is 5.32 Å². The summed E-state index contributed by atoms with van der Waals surface area (Å²) < 4.78 is 5.28. The van der Waals surface area contributed by atoms with Crippen LogP contribution in [0.15, 0.2) is 22.8 Å². The highest BCUT2D eigenvalue weighted by Crippen LogP contribution is 2.25. The van der Waals surface area contributed by atoms with Gasteiger partial charge < -0.3 is 9.73 Å².